The van der Waals surface area contributed by atoms with Crippen LogP contribution in [0, 0.1) is 23.7 Å². The summed E-state index contributed by atoms with van der Waals surface area (Å²) >= 11 is 0. The minimum absolute atomic E-state index is 0.0151. The Kier molecular flexibility index (Phi) is 6.92. The van der Waals surface area contributed by atoms with Crippen LogP contribution in [0.1, 0.15) is 19.4 Å². The Bertz CT molecular complexity index is 1820. The quantitative estimate of drug-likeness (QED) is 0.200. The maximum Gasteiger partial charge on any atom is 0.353 e. The highest BCUT2D eigenvalue weighted by molar-refractivity contribution is 6.08. The van der Waals surface area contributed by atoms with Gasteiger partial charge in [0.15, 0.2) is 6.54 Å². The molecule has 0 aliphatic carbocycles. The van der Waals surface area contributed by atoms with Gasteiger partial charge in [0.2, 0.25) is 5.91 Å². The SMILES string of the molecule is CC(O)C1C(=O)N2C(C(=O)O)=C(C#CCOc3cccc4oc5cc(C[N+]67CC[N+](CC(N)=O)(CC6)CC7)ccc5c34)[C@H](C)C12. The number of piperazine rings is 3. The number of aliphatic hydroxyl groups excluding tert-OH is 1. The summed E-state index contributed by atoms with van der Waals surface area (Å²) in [4.78, 5) is 37.5. The zero-order chi connectivity index (χ0) is 31.7. The van der Waals surface area contributed by atoms with Crippen molar-refractivity contribution >= 4 is 39.7 Å². The van der Waals surface area contributed by atoms with E-state index in [2.05, 4.69) is 30.0 Å². The van der Waals surface area contributed by atoms with Crippen LogP contribution >= 0.6 is 0 Å². The average Bonchev–Trinajstić information content (AvgIpc) is 3.48. The lowest BCUT2D eigenvalue weighted by Gasteiger charge is -2.55. The van der Waals surface area contributed by atoms with Gasteiger partial charge in [-0.2, -0.15) is 0 Å². The van der Waals surface area contributed by atoms with Crippen molar-refractivity contribution in [2.75, 3.05) is 52.4 Å². The molecule has 4 atom stereocenters. The number of hydrogen-bond acceptors (Lipinski definition) is 6. The maximum absolute atomic E-state index is 12.6. The number of carboxylic acid groups (broad SMARTS) is 1. The van der Waals surface area contributed by atoms with E-state index in [1.165, 1.54) is 10.5 Å². The van der Waals surface area contributed by atoms with Crippen molar-refractivity contribution in [3.63, 3.8) is 0 Å². The molecule has 2 bridgehead atoms. The van der Waals surface area contributed by atoms with Crippen LogP contribution in [0.25, 0.3) is 21.9 Å². The van der Waals surface area contributed by atoms with Gasteiger partial charge in [0.1, 0.15) is 75.0 Å². The molecule has 1 aromatic heterocycles. The summed E-state index contributed by atoms with van der Waals surface area (Å²) in [7, 11) is 0. The number of quaternary nitrogens is 2. The lowest BCUT2D eigenvalue weighted by molar-refractivity contribution is -1.08. The number of hydrogen-bond donors (Lipinski definition) is 3. The fourth-order valence-corrected chi connectivity index (χ4v) is 8.16. The summed E-state index contributed by atoms with van der Waals surface area (Å²) in [6, 6.07) is 11.6. The average molecular weight is 615 g/mol. The number of primary amides is 1. The predicted molar refractivity (Wildman–Crippen MR) is 164 cm³/mol. The zero-order valence-corrected chi connectivity index (χ0v) is 25.5. The molecule has 4 saturated heterocycles. The van der Waals surface area contributed by atoms with Gasteiger partial charge in [0.05, 0.1) is 23.4 Å². The zero-order valence-electron chi connectivity index (χ0n) is 25.5. The number of amides is 2. The summed E-state index contributed by atoms with van der Waals surface area (Å²) in [6.07, 6.45) is -0.865. The number of carbonyl (C=O) groups is 3. The molecule has 11 heteroatoms. The topological polar surface area (TPSA) is 143 Å². The van der Waals surface area contributed by atoms with Gasteiger partial charge in [-0.05, 0) is 31.2 Å². The highest BCUT2D eigenvalue weighted by atomic mass is 16.5. The first kappa shape index (κ1) is 29.3. The van der Waals surface area contributed by atoms with Crippen molar-refractivity contribution in [3.8, 4) is 17.6 Å². The summed E-state index contributed by atoms with van der Waals surface area (Å²) in [5.74, 6) is 3.78. The lowest BCUT2D eigenvalue weighted by atomic mass is 9.78. The van der Waals surface area contributed by atoms with E-state index >= 15 is 0 Å². The fraction of sp³-hybridized carbons (Fsp3) is 0.441. The molecule has 2 amide bonds. The molecule has 0 saturated carbocycles. The smallest absolute Gasteiger partial charge is 0.353 e. The van der Waals surface area contributed by atoms with Gasteiger partial charge in [0.25, 0.3) is 5.91 Å². The van der Waals surface area contributed by atoms with Crippen LogP contribution in [0.15, 0.2) is 52.1 Å². The second kappa shape index (κ2) is 10.6. The third-order valence-electron chi connectivity index (χ3n) is 10.6. The standard InChI is InChI=1S/C34H36N4O7/c1-20-23(32(34(42)43)36-31(20)29(21(2)39)33(36)41)5-4-16-44-25-6-3-7-26-30(25)24-9-8-22(17-27(24)45-26)18-37-10-13-38(14-11-37,15-12-37)19-28(35)40/h3,6-9,17,20-21,29,31,39H,10-16,18-19H2,1-2H3,(H-2,35,40,42,43)/p+2/t20-,21?,29?,31?,37?,38?/m0/s1. The number of benzene rings is 2. The molecular formula is C34H38N4O7+2. The highest BCUT2D eigenvalue weighted by Gasteiger charge is 2.59. The molecule has 3 unspecified atom stereocenters. The molecule has 3 aromatic rings. The minimum Gasteiger partial charge on any atom is -0.480 e. The molecule has 5 aliphatic rings. The van der Waals surface area contributed by atoms with Crippen molar-refractivity contribution in [2.24, 2.45) is 17.6 Å². The van der Waals surface area contributed by atoms with Crippen molar-refractivity contribution in [3.05, 3.63) is 53.2 Å². The minimum atomic E-state index is -1.21. The monoisotopic (exact) mass is 614 g/mol. The van der Waals surface area contributed by atoms with Crippen LogP contribution in [0.3, 0.4) is 0 Å². The number of aliphatic carboxylic acids is 1. The predicted octanol–water partition coefficient (Wildman–Crippen LogP) is 1.81. The van der Waals surface area contributed by atoms with Crippen LogP contribution in [0.2, 0.25) is 0 Å². The molecule has 0 spiro atoms. The number of β-lactam (4-membered cyclic amide) rings is 1. The van der Waals surface area contributed by atoms with E-state index < -0.39 is 24.0 Å². The Morgan fingerprint density at radius 1 is 1.11 bits per heavy atom. The largest absolute Gasteiger partial charge is 0.480 e. The number of nitrogens with zero attached hydrogens (tertiary/aromatic N) is 3. The molecular weight excluding hydrogens is 576 g/mol. The molecule has 234 valence electrons. The Balaban J connectivity index is 1.08. The summed E-state index contributed by atoms with van der Waals surface area (Å²) in [5.41, 5.74) is 8.50. The van der Waals surface area contributed by atoms with Crippen molar-refractivity contribution in [1.29, 1.82) is 0 Å². The van der Waals surface area contributed by atoms with E-state index in [0.717, 1.165) is 71.1 Å². The van der Waals surface area contributed by atoms with E-state index in [9.17, 15) is 24.6 Å². The van der Waals surface area contributed by atoms with E-state index in [0.29, 0.717) is 23.5 Å². The molecule has 11 nitrogen and oxygen atoms in total. The molecule has 0 radical (unpaired) electrons. The van der Waals surface area contributed by atoms with Crippen LogP contribution in [-0.2, 0) is 20.9 Å². The second-order valence-corrected chi connectivity index (χ2v) is 13.3. The van der Waals surface area contributed by atoms with E-state index in [4.69, 9.17) is 14.9 Å². The van der Waals surface area contributed by atoms with Crippen LogP contribution < -0.4 is 10.5 Å². The molecule has 6 heterocycles. The Morgan fingerprint density at radius 3 is 2.49 bits per heavy atom. The van der Waals surface area contributed by atoms with Gasteiger partial charge in [-0.3, -0.25) is 9.59 Å². The van der Waals surface area contributed by atoms with Gasteiger partial charge in [0, 0.05) is 22.4 Å². The number of ether oxygens (including phenoxy) is 1. The number of rotatable bonds is 8. The van der Waals surface area contributed by atoms with E-state index in [1.807, 2.05) is 25.1 Å². The van der Waals surface area contributed by atoms with Gasteiger partial charge < -0.3 is 39.0 Å². The summed E-state index contributed by atoms with van der Waals surface area (Å²) in [5, 5.41) is 21.7. The number of carbonyl (C=O) groups excluding carboxylic acids is 2. The molecule has 4 fully saturated rings. The first-order valence-corrected chi connectivity index (χ1v) is 15.5. The lowest BCUT2D eigenvalue weighted by Crippen LogP contribution is -2.75. The van der Waals surface area contributed by atoms with Crippen molar-refractivity contribution < 1.29 is 42.7 Å². The van der Waals surface area contributed by atoms with Gasteiger partial charge >= 0.3 is 5.97 Å². The Morgan fingerprint density at radius 2 is 1.82 bits per heavy atom. The van der Waals surface area contributed by atoms with E-state index in [1.54, 1.807) is 6.92 Å². The number of nitrogens with two attached hydrogens (primary N) is 1. The van der Waals surface area contributed by atoms with E-state index in [-0.39, 0.29) is 30.0 Å². The third kappa shape index (κ3) is 4.76. The van der Waals surface area contributed by atoms with Gasteiger partial charge in [-0.15, -0.1) is 0 Å². The van der Waals surface area contributed by atoms with Gasteiger partial charge in [-0.25, -0.2) is 4.79 Å². The van der Waals surface area contributed by atoms with Crippen molar-refractivity contribution in [1.82, 2.24) is 4.90 Å². The summed E-state index contributed by atoms with van der Waals surface area (Å²) < 4.78 is 14.2. The molecule has 8 rings (SSSR count). The highest BCUT2D eigenvalue weighted by Crippen LogP contribution is 2.47. The number of aliphatic hydroxyl groups is 1. The maximum atomic E-state index is 12.6. The van der Waals surface area contributed by atoms with Gasteiger partial charge in [-0.1, -0.05) is 30.9 Å². The molecule has 4 N–H and O–H groups in total. The number of carboxylic acids is 1. The molecule has 2 aromatic carbocycles. The Labute approximate surface area is 260 Å². The van der Waals surface area contributed by atoms with Crippen LogP contribution in [0.4, 0.5) is 0 Å². The third-order valence-corrected chi connectivity index (χ3v) is 10.6. The molecule has 45 heavy (non-hydrogen) atoms. The summed E-state index contributed by atoms with van der Waals surface area (Å²) in [6.45, 7) is 10.8. The first-order chi connectivity index (χ1) is 21.5. The van der Waals surface area contributed by atoms with Crippen LogP contribution in [-0.4, -0.2) is 106 Å². The van der Waals surface area contributed by atoms with Crippen molar-refractivity contribution in [2.45, 2.75) is 32.5 Å². The first-order valence-electron chi connectivity index (χ1n) is 15.5. The Hall–Kier alpha value is -4.37. The number of furan rings is 1. The molecule has 5 aliphatic heterocycles. The normalized spacial score (nSPS) is 29.4. The fourth-order valence-electron chi connectivity index (χ4n) is 8.16. The van der Waals surface area contributed by atoms with Crippen LogP contribution in [0.5, 0.6) is 5.75 Å². The second-order valence-electron chi connectivity index (χ2n) is 13.3. The number of fused-ring (bicyclic) bond motifs is 7.